The summed E-state index contributed by atoms with van der Waals surface area (Å²) < 4.78 is 11.8. The number of hydrogen-bond acceptors (Lipinski definition) is 4. The SMILES string of the molecule is CC(C)(C)C1OC(=O)C(c2ccc(Cl)cc2)(C2CCC(=O)C2)O1. The first-order valence-corrected chi connectivity index (χ1v) is 8.28. The molecule has 0 amide bonds. The lowest BCUT2D eigenvalue weighted by atomic mass is 9.80. The Kier molecular flexibility index (Phi) is 4.01. The van der Waals surface area contributed by atoms with Crippen molar-refractivity contribution in [1.29, 1.82) is 0 Å². The minimum Gasteiger partial charge on any atom is -0.433 e. The van der Waals surface area contributed by atoms with Crippen LogP contribution in [-0.4, -0.2) is 18.0 Å². The number of rotatable bonds is 2. The fraction of sp³-hybridized carbons (Fsp3) is 0.556. The first-order chi connectivity index (χ1) is 10.7. The molecule has 4 nitrogen and oxygen atoms in total. The smallest absolute Gasteiger partial charge is 0.345 e. The van der Waals surface area contributed by atoms with Gasteiger partial charge in [-0.2, -0.15) is 0 Å². The number of carbonyl (C=O) groups is 2. The Balaban J connectivity index is 2.06. The molecule has 0 radical (unpaired) electrons. The molecule has 23 heavy (non-hydrogen) atoms. The van der Waals surface area contributed by atoms with Crippen LogP contribution >= 0.6 is 11.6 Å². The Morgan fingerprint density at radius 3 is 2.30 bits per heavy atom. The third-order valence-corrected chi connectivity index (χ3v) is 4.86. The van der Waals surface area contributed by atoms with Crippen LogP contribution in [0.25, 0.3) is 0 Å². The van der Waals surface area contributed by atoms with Crippen molar-refractivity contribution >= 4 is 23.4 Å². The van der Waals surface area contributed by atoms with Crippen LogP contribution in [0.4, 0.5) is 0 Å². The van der Waals surface area contributed by atoms with Crippen LogP contribution in [0.1, 0.15) is 45.6 Å². The highest BCUT2D eigenvalue weighted by Crippen LogP contribution is 2.49. The van der Waals surface area contributed by atoms with Gasteiger partial charge in [-0.3, -0.25) is 4.79 Å². The van der Waals surface area contributed by atoms with Gasteiger partial charge in [0.1, 0.15) is 5.78 Å². The predicted octanol–water partition coefficient (Wildman–Crippen LogP) is 3.85. The molecule has 1 saturated carbocycles. The Morgan fingerprint density at radius 1 is 1.17 bits per heavy atom. The maximum Gasteiger partial charge on any atom is 0.345 e. The fourth-order valence-corrected chi connectivity index (χ4v) is 3.45. The number of ether oxygens (including phenoxy) is 2. The third kappa shape index (κ3) is 2.79. The molecular formula is C18H21ClO4. The summed E-state index contributed by atoms with van der Waals surface area (Å²) in [6.45, 7) is 5.88. The van der Waals surface area contributed by atoms with Crippen molar-refractivity contribution in [1.82, 2.24) is 0 Å². The van der Waals surface area contributed by atoms with E-state index in [1.165, 1.54) is 0 Å². The molecule has 5 heteroatoms. The largest absolute Gasteiger partial charge is 0.433 e. The molecule has 2 fully saturated rings. The van der Waals surface area contributed by atoms with Gasteiger partial charge >= 0.3 is 5.97 Å². The van der Waals surface area contributed by atoms with Crippen LogP contribution < -0.4 is 0 Å². The molecule has 0 bridgehead atoms. The summed E-state index contributed by atoms with van der Waals surface area (Å²) in [6.07, 6.45) is 0.820. The van der Waals surface area contributed by atoms with Crippen LogP contribution in [-0.2, 0) is 24.7 Å². The highest BCUT2D eigenvalue weighted by Gasteiger charge is 2.60. The minimum absolute atomic E-state index is 0.166. The second-order valence-electron chi connectivity index (χ2n) is 7.44. The number of Topliss-reactive ketones (excluding diaryl/α,β-unsaturated/α-hetero) is 1. The van der Waals surface area contributed by atoms with Gasteiger partial charge < -0.3 is 9.47 Å². The zero-order chi connectivity index (χ0) is 16.8. The van der Waals surface area contributed by atoms with Crippen LogP contribution in [0.3, 0.4) is 0 Å². The van der Waals surface area contributed by atoms with E-state index in [4.69, 9.17) is 21.1 Å². The second kappa shape index (κ2) is 5.60. The predicted molar refractivity (Wildman–Crippen MR) is 85.9 cm³/mol. The third-order valence-electron chi connectivity index (χ3n) is 4.61. The molecule has 1 aromatic carbocycles. The van der Waals surface area contributed by atoms with E-state index in [9.17, 15) is 9.59 Å². The topological polar surface area (TPSA) is 52.6 Å². The van der Waals surface area contributed by atoms with Crippen molar-refractivity contribution in [3.8, 4) is 0 Å². The average Bonchev–Trinajstić information content (AvgIpc) is 3.04. The number of hydrogen-bond donors (Lipinski definition) is 0. The molecule has 3 rings (SSSR count). The van der Waals surface area contributed by atoms with E-state index in [2.05, 4.69) is 0 Å². The molecule has 0 N–H and O–H groups in total. The van der Waals surface area contributed by atoms with Crippen LogP contribution in [0.15, 0.2) is 24.3 Å². The number of benzene rings is 1. The van der Waals surface area contributed by atoms with Crippen molar-refractivity contribution in [3.63, 3.8) is 0 Å². The Bertz CT molecular complexity index is 631. The van der Waals surface area contributed by atoms with Crippen molar-refractivity contribution in [2.45, 2.75) is 51.9 Å². The lowest BCUT2D eigenvalue weighted by Gasteiger charge is -2.32. The van der Waals surface area contributed by atoms with Crippen LogP contribution in [0.2, 0.25) is 5.02 Å². The normalized spacial score (nSPS) is 31.5. The Labute approximate surface area is 141 Å². The monoisotopic (exact) mass is 336 g/mol. The number of carbonyl (C=O) groups excluding carboxylic acids is 2. The molecule has 1 aliphatic heterocycles. The Morgan fingerprint density at radius 2 is 1.83 bits per heavy atom. The van der Waals surface area contributed by atoms with Gasteiger partial charge in [0, 0.05) is 29.2 Å². The molecule has 124 valence electrons. The number of esters is 1. The van der Waals surface area contributed by atoms with E-state index in [0.29, 0.717) is 29.8 Å². The van der Waals surface area contributed by atoms with Gasteiger partial charge in [-0.1, -0.05) is 44.5 Å². The summed E-state index contributed by atoms with van der Waals surface area (Å²) >= 11 is 5.97. The summed E-state index contributed by atoms with van der Waals surface area (Å²) in [7, 11) is 0. The molecule has 1 aliphatic carbocycles. The molecule has 1 aromatic rings. The van der Waals surface area contributed by atoms with E-state index in [0.717, 1.165) is 0 Å². The van der Waals surface area contributed by atoms with Gasteiger partial charge in [-0.25, -0.2) is 4.79 Å². The molecule has 1 saturated heterocycles. The van der Waals surface area contributed by atoms with E-state index in [1.54, 1.807) is 24.3 Å². The average molecular weight is 337 g/mol. The lowest BCUT2D eigenvalue weighted by molar-refractivity contribution is -0.162. The molecule has 0 spiro atoms. The number of ketones is 1. The van der Waals surface area contributed by atoms with E-state index in [-0.39, 0.29) is 17.1 Å². The van der Waals surface area contributed by atoms with Gasteiger partial charge in [0.05, 0.1) is 0 Å². The summed E-state index contributed by atoms with van der Waals surface area (Å²) in [5, 5.41) is 0.588. The molecule has 3 atom stereocenters. The maximum absolute atomic E-state index is 12.8. The van der Waals surface area contributed by atoms with Gasteiger partial charge in [0.15, 0.2) is 5.60 Å². The second-order valence-corrected chi connectivity index (χ2v) is 7.88. The van der Waals surface area contributed by atoms with Crippen LogP contribution in [0, 0.1) is 11.3 Å². The summed E-state index contributed by atoms with van der Waals surface area (Å²) in [5.74, 6) is -0.436. The van der Waals surface area contributed by atoms with E-state index in [1.807, 2.05) is 20.8 Å². The minimum atomic E-state index is -1.21. The molecule has 2 aliphatic rings. The molecular weight excluding hydrogens is 316 g/mol. The van der Waals surface area contributed by atoms with Gasteiger partial charge in [0.2, 0.25) is 6.29 Å². The summed E-state index contributed by atoms with van der Waals surface area (Å²) in [6, 6.07) is 7.04. The van der Waals surface area contributed by atoms with Crippen LogP contribution in [0.5, 0.6) is 0 Å². The fourth-order valence-electron chi connectivity index (χ4n) is 3.32. The van der Waals surface area contributed by atoms with Gasteiger partial charge in [-0.15, -0.1) is 0 Å². The van der Waals surface area contributed by atoms with Gasteiger partial charge in [-0.05, 0) is 24.1 Å². The van der Waals surface area contributed by atoms with Gasteiger partial charge in [0.25, 0.3) is 0 Å². The summed E-state index contributed by atoms with van der Waals surface area (Å²) in [4.78, 5) is 24.6. The molecule has 3 unspecified atom stereocenters. The lowest BCUT2D eigenvalue weighted by Crippen LogP contribution is -2.41. The molecule has 0 aromatic heterocycles. The quantitative estimate of drug-likeness (QED) is 0.770. The van der Waals surface area contributed by atoms with Crippen molar-refractivity contribution in [2.75, 3.05) is 0 Å². The maximum atomic E-state index is 12.8. The standard InChI is InChI=1S/C18H21ClO4/c1-17(2,3)16-22-15(21)18(23-16,12-6-9-14(20)10-12)11-4-7-13(19)8-5-11/h4-5,7-8,12,16H,6,9-10H2,1-3H3. The van der Waals surface area contributed by atoms with E-state index < -0.39 is 17.9 Å². The zero-order valence-corrected chi connectivity index (χ0v) is 14.4. The van der Waals surface area contributed by atoms with E-state index >= 15 is 0 Å². The number of cyclic esters (lactones) is 1. The Hall–Kier alpha value is -1.39. The van der Waals surface area contributed by atoms with Crippen molar-refractivity contribution < 1.29 is 19.1 Å². The first-order valence-electron chi connectivity index (χ1n) is 7.90. The molecule has 1 heterocycles. The zero-order valence-electron chi connectivity index (χ0n) is 13.6. The van der Waals surface area contributed by atoms with Crippen molar-refractivity contribution in [2.24, 2.45) is 11.3 Å². The van der Waals surface area contributed by atoms with Crippen molar-refractivity contribution in [3.05, 3.63) is 34.9 Å². The summed E-state index contributed by atoms with van der Waals surface area (Å²) in [5.41, 5.74) is -0.848. The highest BCUT2D eigenvalue weighted by atomic mass is 35.5. The first kappa shape index (κ1) is 16.5. The number of halogens is 1. The highest BCUT2D eigenvalue weighted by molar-refractivity contribution is 6.30.